The number of hydrogen-bond donors (Lipinski definition) is 2. The Labute approximate surface area is 279 Å². The number of fused-ring (bicyclic) bond motifs is 2. The molecule has 5 amide bonds. The van der Waals surface area contributed by atoms with Gasteiger partial charge in [0.05, 0.1) is 19.6 Å². The summed E-state index contributed by atoms with van der Waals surface area (Å²) in [7, 11) is 1.50. The molecule has 2 aliphatic heterocycles. The van der Waals surface area contributed by atoms with Crippen LogP contribution in [0.25, 0.3) is 10.8 Å². The summed E-state index contributed by atoms with van der Waals surface area (Å²) in [5.41, 5.74) is 3.17. The molecule has 2 saturated heterocycles. The quantitative estimate of drug-likeness (QED) is 0.264. The van der Waals surface area contributed by atoms with E-state index in [1.165, 1.54) is 12.1 Å². The Morgan fingerprint density at radius 3 is 2.42 bits per heavy atom. The van der Waals surface area contributed by atoms with Gasteiger partial charge < -0.3 is 19.9 Å². The second kappa shape index (κ2) is 14.3. The van der Waals surface area contributed by atoms with E-state index >= 15 is 0 Å². The number of amides is 5. The number of piperazine rings is 1. The average molecular weight is 645 g/mol. The topological polar surface area (TPSA) is 115 Å². The van der Waals surface area contributed by atoms with Gasteiger partial charge in [-0.2, -0.15) is 5.01 Å². The van der Waals surface area contributed by atoms with Crippen LogP contribution in [0.3, 0.4) is 0 Å². The number of ether oxygens (including phenoxy) is 1. The number of carbonyl (C=O) groups is 4. The molecule has 2 heterocycles. The first-order valence-corrected chi connectivity index (χ1v) is 15.7. The zero-order valence-corrected chi connectivity index (χ0v) is 26.5. The van der Waals surface area contributed by atoms with Gasteiger partial charge >= 0.3 is 12.1 Å². The molecule has 2 atom stereocenters. The molecule has 0 spiro atoms. The number of carbonyl (C=O) groups excluding carboxylic acids is 4. The molecule has 0 bridgehead atoms. The molecular weight excluding hydrogens is 608 g/mol. The van der Waals surface area contributed by atoms with Crippen molar-refractivity contribution in [2.24, 2.45) is 0 Å². The predicted octanol–water partition coefficient (Wildman–Crippen LogP) is 4.20. The van der Waals surface area contributed by atoms with Crippen molar-refractivity contribution in [1.82, 2.24) is 25.1 Å². The molecule has 6 rings (SSSR count). The van der Waals surface area contributed by atoms with Gasteiger partial charge in [0, 0.05) is 25.7 Å². The molecule has 0 radical (unpaired) electrons. The molecule has 2 N–H and O–H groups in total. The summed E-state index contributed by atoms with van der Waals surface area (Å²) in [6.07, 6.45) is 4.65. The minimum atomic E-state index is -0.830. The van der Waals surface area contributed by atoms with Crippen molar-refractivity contribution in [3.05, 3.63) is 114 Å². The molecule has 0 aliphatic carbocycles. The van der Waals surface area contributed by atoms with Crippen LogP contribution >= 0.6 is 0 Å². The van der Waals surface area contributed by atoms with Crippen molar-refractivity contribution < 1.29 is 23.9 Å². The fourth-order valence-corrected chi connectivity index (χ4v) is 6.35. The third-order valence-corrected chi connectivity index (χ3v) is 8.65. The third-order valence-electron chi connectivity index (χ3n) is 8.65. The van der Waals surface area contributed by atoms with Crippen LogP contribution < -0.4 is 10.6 Å². The first kappa shape index (κ1) is 32.1. The van der Waals surface area contributed by atoms with Crippen molar-refractivity contribution in [2.75, 3.05) is 32.0 Å². The lowest BCUT2D eigenvalue weighted by Crippen LogP contribution is -2.66. The Balaban J connectivity index is 1.24. The summed E-state index contributed by atoms with van der Waals surface area (Å²) in [5, 5.41) is 10.4. The number of benzene rings is 4. The molecule has 0 saturated carbocycles. The van der Waals surface area contributed by atoms with Gasteiger partial charge in [0.25, 0.3) is 0 Å². The molecule has 48 heavy (non-hydrogen) atoms. The fraction of sp³-hybridized carbons (Fsp3) is 0.243. The van der Waals surface area contributed by atoms with Crippen molar-refractivity contribution in [2.45, 2.75) is 31.8 Å². The van der Waals surface area contributed by atoms with E-state index in [9.17, 15) is 19.2 Å². The van der Waals surface area contributed by atoms with Crippen LogP contribution in [0.1, 0.15) is 16.7 Å². The standard InChI is InChI=1S/C37H36N6O5/c1-3-20-41(36(46)38-2)42-24-34(44)43-32(21-26-16-18-30(19-17-26)39-37(47)48-25-27-10-5-4-6-11-27)35(45)40(23-33(42)43)22-29-14-9-13-28-12-7-8-15-31(28)29/h1,4-19,32-33H,20-25H2,2H3,(H,38,46)(H,39,47)/t32-,33+/m0/s1. The molecule has 11 heteroatoms. The molecule has 4 aromatic rings. The maximum atomic E-state index is 14.3. The smallest absolute Gasteiger partial charge is 0.411 e. The second-order valence-electron chi connectivity index (χ2n) is 11.7. The summed E-state index contributed by atoms with van der Waals surface area (Å²) in [6, 6.07) is 29.2. The highest BCUT2D eigenvalue weighted by molar-refractivity contribution is 5.92. The van der Waals surface area contributed by atoms with Gasteiger partial charge in [-0.15, -0.1) is 6.42 Å². The van der Waals surface area contributed by atoms with Gasteiger partial charge in [0.2, 0.25) is 11.8 Å². The van der Waals surface area contributed by atoms with Crippen LogP contribution in [-0.4, -0.2) is 82.6 Å². The fourth-order valence-electron chi connectivity index (χ4n) is 6.35. The van der Waals surface area contributed by atoms with Crippen LogP contribution in [0.2, 0.25) is 0 Å². The summed E-state index contributed by atoms with van der Waals surface area (Å²) in [5.74, 6) is 2.05. The lowest BCUT2D eigenvalue weighted by molar-refractivity contribution is -0.157. The zero-order chi connectivity index (χ0) is 33.6. The number of anilines is 1. The largest absolute Gasteiger partial charge is 0.444 e. The van der Waals surface area contributed by atoms with Gasteiger partial charge in [-0.05, 0) is 39.6 Å². The number of urea groups is 1. The number of terminal acetylenes is 1. The Bertz CT molecular complexity index is 1850. The summed E-state index contributed by atoms with van der Waals surface area (Å²) < 4.78 is 5.32. The van der Waals surface area contributed by atoms with Gasteiger partial charge in [-0.1, -0.05) is 90.8 Å². The van der Waals surface area contributed by atoms with E-state index in [0.29, 0.717) is 12.2 Å². The van der Waals surface area contributed by atoms with E-state index in [-0.39, 0.29) is 44.5 Å². The molecule has 2 fully saturated rings. The number of nitrogens with zero attached hydrogens (tertiary/aromatic N) is 4. The van der Waals surface area contributed by atoms with Gasteiger partial charge in [-0.25, -0.2) is 14.6 Å². The normalized spacial score (nSPS) is 17.5. The minimum absolute atomic E-state index is 0.0402. The van der Waals surface area contributed by atoms with E-state index in [0.717, 1.165) is 27.5 Å². The highest BCUT2D eigenvalue weighted by Crippen LogP contribution is 2.31. The number of nitrogens with one attached hydrogen (secondary N) is 2. The van der Waals surface area contributed by atoms with Gasteiger partial charge in [0.1, 0.15) is 18.8 Å². The summed E-state index contributed by atoms with van der Waals surface area (Å²) in [6.45, 7) is 0.522. The molecule has 2 aliphatic rings. The van der Waals surface area contributed by atoms with Crippen LogP contribution in [0.15, 0.2) is 97.1 Å². The van der Waals surface area contributed by atoms with E-state index in [1.54, 1.807) is 26.9 Å². The van der Waals surface area contributed by atoms with Crippen molar-refractivity contribution >= 4 is 40.4 Å². The molecule has 0 aromatic heterocycles. The van der Waals surface area contributed by atoms with Crippen LogP contribution in [0.4, 0.5) is 15.3 Å². The van der Waals surface area contributed by atoms with Gasteiger partial charge in [0.15, 0.2) is 0 Å². The first-order valence-electron chi connectivity index (χ1n) is 15.7. The number of hydrazine groups is 1. The molecule has 244 valence electrons. The Morgan fingerprint density at radius 2 is 1.67 bits per heavy atom. The Morgan fingerprint density at radius 1 is 0.938 bits per heavy atom. The summed E-state index contributed by atoms with van der Waals surface area (Å²) >= 11 is 0. The summed E-state index contributed by atoms with van der Waals surface area (Å²) in [4.78, 5) is 56.5. The average Bonchev–Trinajstić information content (AvgIpc) is 3.43. The monoisotopic (exact) mass is 644 g/mol. The SMILES string of the molecule is C#CCN(C(=O)NC)N1CC(=O)N2[C@@H](Cc3ccc(NC(=O)OCc4ccccc4)cc3)C(=O)N(Cc3cccc4ccccc34)C[C@@H]21. The molecule has 0 unspecified atom stereocenters. The maximum absolute atomic E-state index is 14.3. The Hall–Kier alpha value is -5.86. The van der Waals surface area contributed by atoms with E-state index in [1.807, 2.05) is 84.9 Å². The van der Waals surface area contributed by atoms with Crippen LogP contribution in [0, 0.1) is 12.3 Å². The highest BCUT2D eigenvalue weighted by atomic mass is 16.5. The number of rotatable bonds is 9. The van der Waals surface area contributed by atoms with Crippen molar-refractivity contribution in [3.63, 3.8) is 0 Å². The lowest BCUT2D eigenvalue weighted by atomic mass is 9.98. The predicted molar refractivity (Wildman–Crippen MR) is 181 cm³/mol. The van der Waals surface area contributed by atoms with Crippen LogP contribution in [-0.2, 0) is 33.9 Å². The number of hydrogen-bond acceptors (Lipinski definition) is 6. The van der Waals surface area contributed by atoms with E-state index < -0.39 is 24.3 Å². The molecular formula is C37H36N6O5. The Kier molecular flexibility index (Phi) is 9.55. The molecule has 4 aromatic carbocycles. The highest BCUT2D eigenvalue weighted by Gasteiger charge is 2.52. The van der Waals surface area contributed by atoms with E-state index in [2.05, 4.69) is 16.6 Å². The van der Waals surface area contributed by atoms with E-state index in [4.69, 9.17) is 11.2 Å². The van der Waals surface area contributed by atoms with Crippen LogP contribution in [0.5, 0.6) is 0 Å². The maximum Gasteiger partial charge on any atom is 0.411 e. The zero-order valence-electron chi connectivity index (χ0n) is 26.5. The minimum Gasteiger partial charge on any atom is -0.444 e. The van der Waals surface area contributed by atoms with Gasteiger partial charge in [-0.3, -0.25) is 14.9 Å². The lowest BCUT2D eigenvalue weighted by Gasteiger charge is -2.46. The third kappa shape index (κ3) is 6.79. The van der Waals surface area contributed by atoms with Crippen molar-refractivity contribution in [1.29, 1.82) is 0 Å². The molecule has 11 nitrogen and oxygen atoms in total. The second-order valence-corrected chi connectivity index (χ2v) is 11.7. The first-order chi connectivity index (χ1) is 23.4. The van der Waals surface area contributed by atoms with Crippen molar-refractivity contribution in [3.8, 4) is 12.3 Å².